The van der Waals surface area contributed by atoms with Gasteiger partial charge in [-0.3, -0.25) is 5.10 Å². The second-order valence-electron chi connectivity index (χ2n) is 4.40. The Bertz CT molecular complexity index is 782. The van der Waals surface area contributed by atoms with Gasteiger partial charge in [0.1, 0.15) is 4.90 Å². The predicted molar refractivity (Wildman–Crippen MR) is 75.2 cm³/mol. The molecular formula is C12H14N4O4S. The quantitative estimate of drug-likeness (QED) is 0.592. The largest absolute Gasteiger partial charge is 0.478 e. The fourth-order valence-corrected chi connectivity index (χ4v) is 2.85. The van der Waals surface area contributed by atoms with E-state index in [2.05, 4.69) is 14.9 Å². The van der Waals surface area contributed by atoms with E-state index in [-0.39, 0.29) is 22.7 Å². The lowest BCUT2D eigenvalue weighted by Gasteiger charge is -2.09. The second kappa shape index (κ2) is 5.54. The van der Waals surface area contributed by atoms with Crippen molar-refractivity contribution >= 4 is 21.7 Å². The normalized spacial score (nSPS) is 11.5. The third-order valence-electron chi connectivity index (χ3n) is 2.93. The number of carbonyl (C=O) groups is 1. The fourth-order valence-electron chi connectivity index (χ4n) is 1.73. The maximum absolute atomic E-state index is 12.2. The molecule has 9 heteroatoms. The number of aromatic nitrogens is 2. The van der Waals surface area contributed by atoms with Gasteiger partial charge in [-0.1, -0.05) is 0 Å². The highest BCUT2D eigenvalue weighted by Gasteiger charge is 2.19. The van der Waals surface area contributed by atoms with Crippen LogP contribution in [-0.4, -0.2) is 29.7 Å². The minimum absolute atomic E-state index is 0.0603. The van der Waals surface area contributed by atoms with Crippen LogP contribution in [0.15, 0.2) is 29.3 Å². The van der Waals surface area contributed by atoms with E-state index in [1.54, 1.807) is 6.92 Å². The molecule has 0 radical (unpaired) electrons. The monoisotopic (exact) mass is 310 g/mol. The molecule has 0 atom stereocenters. The molecule has 2 aromatic rings. The van der Waals surface area contributed by atoms with Gasteiger partial charge in [0.2, 0.25) is 10.0 Å². The molecule has 0 amide bonds. The Morgan fingerprint density at radius 3 is 2.71 bits per heavy atom. The average Bonchev–Trinajstić information content (AvgIpc) is 2.81. The number of hydrogen-bond acceptors (Lipinski definition) is 5. The summed E-state index contributed by atoms with van der Waals surface area (Å²) in [5, 5.41) is 15.3. The van der Waals surface area contributed by atoms with Crippen molar-refractivity contribution in [3.05, 3.63) is 41.2 Å². The molecule has 0 fully saturated rings. The number of aromatic amines is 1. The van der Waals surface area contributed by atoms with Gasteiger partial charge in [-0.05, 0) is 25.1 Å². The topological polar surface area (TPSA) is 138 Å². The van der Waals surface area contributed by atoms with Crippen LogP contribution in [0.25, 0.3) is 0 Å². The number of nitrogens with two attached hydrogens (primary N) is 1. The van der Waals surface area contributed by atoms with E-state index >= 15 is 0 Å². The molecule has 0 aliphatic heterocycles. The van der Waals surface area contributed by atoms with Crippen LogP contribution >= 0.6 is 0 Å². The molecule has 0 unspecified atom stereocenters. The molecule has 0 spiro atoms. The van der Waals surface area contributed by atoms with Crippen molar-refractivity contribution in [3.8, 4) is 0 Å². The van der Waals surface area contributed by atoms with Crippen LogP contribution < -0.4 is 10.5 Å². The smallest absolute Gasteiger partial charge is 0.335 e. The molecule has 0 bridgehead atoms. The first-order valence-corrected chi connectivity index (χ1v) is 7.41. The van der Waals surface area contributed by atoms with Gasteiger partial charge >= 0.3 is 5.97 Å². The minimum atomic E-state index is -3.84. The maximum atomic E-state index is 12.2. The Morgan fingerprint density at radius 2 is 2.19 bits per heavy atom. The number of carboxylic acids is 1. The highest BCUT2D eigenvalue weighted by Crippen LogP contribution is 2.20. The molecule has 0 aliphatic carbocycles. The summed E-state index contributed by atoms with van der Waals surface area (Å²) in [6.45, 7) is 1.83. The Balaban J connectivity index is 2.23. The lowest BCUT2D eigenvalue weighted by atomic mass is 10.2. The highest BCUT2D eigenvalue weighted by atomic mass is 32.2. The number of nitrogens with one attached hydrogen (secondary N) is 2. The number of anilines is 1. The molecule has 0 aliphatic rings. The summed E-state index contributed by atoms with van der Waals surface area (Å²) in [6, 6.07) is 3.47. The van der Waals surface area contributed by atoms with E-state index in [0.29, 0.717) is 5.56 Å². The number of aromatic carboxylic acids is 1. The molecule has 1 aromatic carbocycles. The Kier molecular flexibility index (Phi) is 3.96. The number of H-pyrrole nitrogens is 1. The van der Waals surface area contributed by atoms with Gasteiger partial charge in [-0.15, -0.1) is 0 Å². The van der Waals surface area contributed by atoms with Crippen LogP contribution in [0.2, 0.25) is 0 Å². The molecule has 0 saturated heterocycles. The minimum Gasteiger partial charge on any atom is -0.478 e. The first-order chi connectivity index (χ1) is 9.81. The van der Waals surface area contributed by atoms with Gasteiger partial charge in [-0.25, -0.2) is 17.9 Å². The van der Waals surface area contributed by atoms with Crippen molar-refractivity contribution in [2.24, 2.45) is 0 Å². The van der Waals surface area contributed by atoms with Gasteiger partial charge < -0.3 is 10.8 Å². The third-order valence-corrected chi connectivity index (χ3v) is 4.41. The number of hydrogen-bond donors (Lipinski definition) is 4. The summed E-state index contributed by atoms with van der Waals surface area (Å²) in [5.74, 6) is -1.17. The van der Waals surface area contributed by atoms with Crippen LogP contribution in [0, 0.1) is 6.92 Å². The molecule has 0 saturated carbocycles. The highest BCUT2D eigenvalue weighted by molar-refractivity contribution is 7.89. The Hall–Kier alpha value is -2.39. The number of nitrogen functional groups attached to an aromatic ring is 1. The number of nitrogens with zero attached hydrogens (tertiary/aromatic N) is 1. The summed E-state index contributed by atoms with van der Waals surface area (Å²) >= 11 is 0. The van der Waals surface area contributed by atoms with Crippen molar-refractivity contribution in [1.29, 1.82) is 0 Å². The molecule has 1 heterocycles. The Labute approximate surface area is 121 Å². The number of carboxylic acid groups (broad SMARTS) is 1. The summed E-state index contributed by atoms with van der Waals surface area (Å²) < 4.78 is 26.7. The Morgan fingerprint density at radius 1 is 1.48 bits per heavy atom. The molecule has 5 N–H and O–H groups in total. The lowest BCUT2D eigenvalue weighted by Crippen LogP contribution is -2.24. The van der Waals surface area contributed by atoms with E-state index in [1.807, 2.05) is 0 Å². The zero-order valence-corrected chi connectivity index (χ0v) is 11.9. The average molecular weight is 310 g/mol. The van der Waals surface area contributed by atoms with Crippen molar-refractivity contribution in [2.75, 3.05) is 5.73 Å². The van der Waals surface area contributed by atoms with Crippen LogP contribution in [0.3, 0.4) is 0 Å². The summed E-state index contributed by atoms with van der Waals surface area (Å²) in [7, 11) is -3.84. The predicted octanol–water partition coefficient (Wildman–Crippen LogP) is 0.477. The molecule has 21 heavy (non-hydrogen) atoms. The van der Waals surface area contributed by atoms with E-state index in [1.165, 1.54) is 18.3 Å². The first-order valence-electron chi connectivity index (χ1n) is 5.92. The van der Waals surface area contributed by atoms with E-state index in [4.69, 9.17) is 10.8 Å². The van der Waals surface area contributed by atoms with E-state index < -0.39 is 16.0 Å². The zero-order chi connectivity index (χ0) is 15.6. The molecule has 2 rings (SSSR count). The van der Waals surface area contributed by atoms with Gasteiger partial charge in [0.15, 0.2) is 0 Å². The van der Waals surface area contributed by atoms with Crippen LogP contribution in [0.5, 0.6) is 0 Å². The van der Waals surface area contributed by atoms with E-state index in [0.717, 1.165) is 11.8 Å². The summed E-state index contributed by atoms with van der Waals surface area (Å²) in [6.07, 6.45) is 1.52. The SMILES string of the molecule is Cc1[nH]ncc1CNS(=O)(=O)c1ccc(C(=O)O)cc1N. The third kappa shape index (κ3) is 3.20. The number of sulfonamides is 1. The molecule has 1 aromatic heterocycles. The van der Waals surface area contributed by atoms with Crippen LogP contribution in [-0.2, 0) is 16.6 Å². The second-order valence-corrected chi connectivity index (χ2v) is 6.14. The fraction of sp³-hybridized carbons (Fsp3) is 0.167. The van der Waals surface area contributed by atoms with Gasteiger partial charge in [-0.2, -0.15) is 5.10 Å². The standard InChI is InChI=1S/C12H14N4O4S/c1-7-9(5-14-16-7)6-15-21(19,20)11-3-2-8(12(17)18)4-10(11)13/h2-5,15H,6,13H2,1H3,(H,14,16)(H,17,18). The van der Waals surface area contributed by atoms with Gasteiger partial charge in [0, 0.05) is 17.8 Å². The van der Waals surface area contributed by atoms with Crippen molar-refractivity contribution in [3.63, 3.8) is 0 Å². The lowest BCUT2D eigenvalue weighted by molar-refractivity contribution is 0.0697. The van der Waals surface area contributed by atoms with E-state index in [9.17, 15) is 13.2 Å². The number of rotatable bonds is 5. The summed E-state index contributed by atoms with van der Waals surface area (Å²) in [5.41, 5.74) is 6.90. The first kappa shape index (κ1) is 15.0. The summed E-state index contributed by atoms with van der Waals surface area (Å²) in [4.78, 5) is 10.6. The van der Waals surface area contributed by atoms with Crippen molar-refractivity contribution < 1.29 is 18.3 Å². The molecule has 112 valence electrons. The molecular weight excluding hydrogens is 296 g/mol. The number of benzene rings is 1. The zero-order valence-electron chi connectivity index (χ0n) is 11.1. The van der Waals surface area contributed by atoms with Crippen molar-refractivity contribution in [1.82, 2.24) is 14.9 Å². The van der Waals surface area contributed by atoms with Crippen LogP contribution in [0.4, 0.5) is 5.69 Å². The number of aryl methyl sites for hydroxylation is 1. The van der Waals surface area contributed by atoms with Gasteiger partial charge in [0.05, 0.1) is 17.4 Å². The van der Waals surface area contributed by atoms with Crippen molar-refractivity contribution in [2.45, 2.75) is 18.4 Å². The maximum Gasteiger partial charge on any atom is 0.335 e. The van der Waals surface area contributed by atoms with Crippen LogP contribution in [0.1, 0.15) is 21.6 Å². The van der Waals surface area contributed by atoms with Gasteiger partial charge in [0.25, 0.3) is 0 Å². The molecule has 8 nitrogen and oxygen atoms in total.